The topological polar surface area (TPSA) is 38.5 Å². The molecular weight excluding hydrogens is 255 g/mol. The number of fused-ring (bicyclic) bond motifs is 1. The van der Waals surface area contributed by atoms with E-state index in [0.29, 0.717) is 13.1 Å². The minimum atomic E-state index is -0.156. The molecule has 1 heterocycles. The quantitative estimate of drug-likeness (QED) is 0.933. The van der Waals surface area contributed by atoms with Crippen LogP contribution in [-0.4, -0.2) is 13.7 Å². The van der Waals surface area contributed by atoms with Crippen LogP contribution in [0.1, 0.15) is 17.2 Å². The molecule has 1 atom stereocenters. The van der Waals surface area contributed by atoms with E-state index >= 15 is 0 Å². The first-order chi connectivity index (χ1) is 9.74. The van der Waals surface area contributed by atoms with Gasteiger partial charge in [-0.1, -0.05) is 12.1 Å². The molecule has 104 valence electrons. The SMILES string of the molecule is COc1ccc(N2Cc3c(F)cccc3C2CN)cc1. The van der Waals surface area contributed by atoms with Gasteiger partial charge in [0.1, 0.15) is 11.6 Å². The second-order valence-corrected chi connectivity index (χ2v) is 4.89. The van der Waals surface area contributed by atoms with E-state index in [-0.39, 0.29) is 11.9 Å². The van der Waals surface area contributed by atoms with Crippen LogP contribution >= 0.6 is 0 Å². The van der Waals surface area contributed by atoms with Crippen molar-refractivity contribution < 1.29 is 9.13 Å². The van der Waals surface area contributed by atoms with Gasteiger partial charge in [0.2, 0.25) is 0 Å². The average Bonchev–Trinajstić information content (AvgIpc) is 2.87. The number of hydrogen-bond acceptors (Lipinski definition) is 3. The molecular formula is C16H17FN2O. The average molecular weight is 272 g/mol. The van der Waals surface area contributed by atoms with Gasteiger partial charge in [0.15, 0.2) is 0 Å². The molecule has 0 fully saturated rings. The minimum absolute atomic E-state index is 0.0223. The summed E-state index contributed by atoms with van der Waals surface area (Å²) in [6, 6.07) is 13.0. The van der Waals surface area contributed by atoms with Crippen LogP contribution in [0.3, 0.4) is 0 Å². The molecule has 0 aromatic heterocycles. The molecule has 20 heavy (non-hydrogen) atoms. The number of ether oxygens (including phenoxy) is 1. The lowest BCUT2D eigenvalue weighted by Crippen LogP contribution is -2.27. The van der Waals surface area contributed by atoms with Crippen molar-refractivity contribution in [3.05, 3.63) is 59.4 Å². The maximum absolute atomic E-state index is 13.9. The standard InChI is InChI=1S/C16H17FN2O/c1-20-12-7-5-11(6-8-12)19-10-14-13(16(19)9-18)3-2-4-15(14)17/h2-8,16H,9-10,18H2,1H3. The van der Waals surface area contributed by atoms with E-state index in [1.807, 2.05) is 30.3 Å². The van der Waals surface area contributed by atoms with Crippen LogP contribution in [0.15, 0.2) is 42.5 Å². The summed E-state index contributed by atoms with van der Waals surface area (Å²) in [4.78, 5) is 2.13. The molecule has 1 aliphatic rings. The van der Waals surface area contributed by atoms with Gasteiger partial charge in [0, 0.05) is 24.3 Å². The molecule has 0 saturated carbocycles. The van der Waals surface area contributed by atoms with Gasteiger partial charge in [-0.05, 0) is 35.9 Å². The molecule has 1 aliphatic heterocycles. The van der Waals surface area contributed by atoms with Crippen molar-refractivity contribution in [2.75, 3.05) is 18.6 Å². The van der Waals surface area contributed by atoms with E-state index < -0.39 is 0 Å². The lowest BCUT2D eigenvalue weighted by molar-refractivity contribution is 0.415. The molecule has 4 heteroatoms. The van der Waals surface area contributed by atoms with Crippen molar-refractivity contribution in [1.29, 1.82) is 0 Å². The zero-order chi connectivity index (χ0) is 14.1. The van der Waals surface area contributed by atoms with E-state index in [9.17, 15) is 4.39 Å². The van der Waals surface area contributed by atoms with E-state index in [2.05, 4.69) is 4.90 Å². The van der Waals surface area contributed by atoms with Crippen molar-refractivity contribution in [1.82, 2.24) is 0 Å². The zero-order valence-electron chi connectivity index (χ0n) is 11.3. The van der Waals surface area contributed by atoms with Crippen LogP contribution in [0.5, 0.6) is 5.75 Å². The third kappa shape index (κ3) is 2.02. The minimum Gasteiger partial charge on any atom is -0.497 e. The fourth-order valence-electron chi connectivity index (χ4n) is 2.80. The molecule has 1 unspecified atom stereocenters. The van der Waals surface area contributed by atoms with E-state index in [1.54, 1.807) is 13.2 Å². The van der Waals surface area contributed by atoms with E-state index in [1.165, 1.54) is 6.07 Å². The Kier molecular flexibility index (Phi) is 3.32. The fraction of sp³-hybridized carbons (Fsp3) is 0.250. The number of benzene rings is 2. The lowest BCUT2D eigenvalue weighted by atomic mass is 10.0. The van der Waals surface area contributed by atoms with Gasteiger partial charge in [-0.3, -0.25) is 0 Å². The third-order valence-corrected chi connectivity index (χ3v) is 3.85. The van der Waals surface area contributed by atoms with Crippen molar-refractivity contribution in [2.45, 2.75) is 12.6 Å². The summed E-state index contributed by atoms with van der Waals surface area (Å²) in [5, 5.41) is 0. The summed E-state index contributed by atoms with van der Waals surface area (Å²) < 4.78 is 19.1. The van der Waals surface area contributed by atoms with Gasteiger partial charge in [-0.2, -0.15) is 0 Å². The molecule has 0 aliphatic carbocycles. The molecule has 2 aromatic rings. The number of nitrogens with zero attached hydrogens (tertiary/aromatic N) is 1. The Bertz CT molecular complexity index is 612. The third-order valence-electron chi connectivity index (χ3n) is 3.85. The highest BCUT2D eigenvalue weighted by Crippen LogP contribution is 2.38. The summed E-state index contributed by atoms with van der Waals surface area (Å²) in [5.74, 6) is 0.651. The first-order valence-corrected chi connectivity index (χ1v) is 6.62. The molecule has 0 spiro atoms. The Balaban J connectivity index is 1.97. The first-order valence-electron chi connectivity index (χ1n) is 6.62. The Morgan fingerprint density at radius 1 is 1.25 bits per heavy atom. The Labute approximate surface area is 117 Å². The Morgan fingerprint density at radius 2 is 2.00 bits per heavy atom. The fourth-order valence-corrected chi connectivity index (χ4v) is 2.80. The molecule has 2 N–H and O–H groups in total. The predicted molar refractivity (Wildman–Crippen MR) is 77.4 cm³/mol. The highest BCUT2D eigenvalue weighted by Gasteiger charge is 2.31. The monoisotopic (exact) mass is 272 g/mol. The largest absolute Gasteiger partial charge is 0.497 e. The van der Waals surface area contributed by atoms with Crippen LogP contribution in [0, 0.1) is 5.82 Å². The smallest absolute Gasteiger partial charge is 0.128 e. The van der Waals surface area contributed by atoms with Gasteiger partial charge in [0.25, 0.3) is 0 Å². The lowest BCUT2D eigenvalue weighted by Gasteiger charge is -2.26. The number of halogens is 1. The van der Waals surface area contributed by atoms with Gasteiger partial charge < -0.3 is 15.4 Å². The molecule has 0 radical (unpaired) electrons. The maximum atomic E-state index is 13.9. The number of methoxy groups -OCH3 is 1. The predicted octanol–water partition coefficient (Wildman–Crippen LogP) is 2.85. The van der Waals surface area contributed by atoms with Crippen molar-refractivity contribution >= 4 is 5.69 Å². The molecule has 0 bridgehead atoms. The van der Waals surface area contributed by atoms with E-state index in [0.717, 1.165) is 22.6 Å². The number of hydrogen-bond donors (Lipinski definition) is 1. The maximum Gasteiger partial charge on any atom is 0.128 e. The van der Waals surface area contributed by atoms with Crippen LogP contribution in [0.2, 0.25) is 0 Å². The Morgan fingerprint density at radius 3 is 2.65 bits per heavy atom. The second-order valence-electron chi connectivity index (χ2n) is 4.89. The van der Waals surface area contributed by atoms with Gasteiger partial charge >= 0.3 is 0 Å². The van der Waals surface area contributed by atoms with Crippen LogP contribution in [-0.2, 0) is 6.54 Å². The number of anilines is 1. The van der Waals surface area contributed by atoms with Crippen LogP contribution in [0.4, 0.5) is 10.1 Å². The summed E-state index contributed by atoms with van der Waals surface area (Å²) >= 11 is 0. The van der Waals surface area contributed by atoms with Crippen LogP contribution in [0.25, 0.3) is 0 Å². The summed E-state index contributed by atoms with van der Waals surface area (Å²) in [6.45, 7) is 1.01. The molecule has 0 saturated heterocycles. The summed E-state index contributed by atoms with van der Waals surface area (Å²) in [5.41, 5.74) is 8.66. The highest BCUT2D eigenvalue weighted by atomic mass is 19.1. The molecule has 3 nitrogen and oxygen atoms in total. The van der Waals surface area contributed by atoms with Crippen LogP contribution < -0.4 is 15.4 Å². The van der Waals surface area contributed by atoms with Crippen molar-refractivity contribution in [2.24, 2.45) is 5.73 Å². The molecule has 2 aromatic carbocycles. The van der Waals surface area contributed by atoms with Gasteiger partial charge in [0.05, 0.1) is 13.2 Å². The summed E-state index contributed by atoms with van der Waals surface area (Å²) in [6.07, 6.45) is 0. The van der Waals surface area contributed by atoms with E-state index in [4.69, 9.17) is 10.5 Å². The molecule has 0 amide bonds. The molecule has 3 rings (SSSR count). The van der Waals surface area contributed by atoms with Crippen molar-refractivity contribution in [3.8, 4) is 5.75 Å². The Hall–Kier alpha value is -2.07. The van der Waals surface area contributed by atoms with Gasteiger partial charge in [-0.25, -0.2) is 4.39 Å². The van der Waals surface area contributed by atoms with Crippen molar-refractivity contribution in [3.63, 3.8) is 0 Å². The highest BCUT2D eigenvalue weighted by molar-refractivity contribution is 5.56. The zero-order valence-corrected chi connectivity index (χ0v) is 11.3. The normalized spacial score (nSPS) is 17.1. The number of nitrogens with two attached hydrogens (primary N) is 1. The number of rotatable bonds is 3. The van der Waals surface area contributed by atoms with Gasteiger partial charge in [-0.15, -0.1) is 0 Å². The first kappa shape index (κ1) is 12.9. The summed E-state index contributed by atoms with van der Waals surface area (Å²) in [7, 11) is 1.64. The second kappa shape index (κ2) is 5.13.